The molecule has 0 spiro atoms. The van der Waals surface area contributed by atoms with Crippen molar-refractivity contribution in [1.29, 1.82) is 0 Å². The molecule has 1 aliphatic heterocycles. The second kappa shape index (κ2) is 7.99. The highest BCUT2D eigenvalue weighted by Crippen LogP contribution is 2.35. The Morgan fingerprint density at radius 1 is 1.04 bits per heavy atom. The van der Waals surface area contributed by atoms with E-state index in [1.54, 1.807) is 13.2 Å². The van der Waals surface area contributed by atoms with E-state index in [0.29, 0.717) is 0 Å². The van der Waals surface area contributed by atoms with Crippen LogP contribution in [0.2, 0.25) is 0 Å². The van der Waals surface area contributed by atoms with Crippen molar-refractivity contribution in [3.63, 3.8) is 0 Å². The third kappa shape index (κ3) is 4.09. The van der Waals surface area contributed by atoms with Crippen LogP contribution in [0.4, 0.5) is 0 Å². The van der Waals surface area contributed by atoms with Gasteiger partial charge in [-0.2, -0.15) is 0 Å². The predicted molar refractivity (Wildman–Crippen MR) is 98.3 cm³/mol. The lowest BCUT2D eigenvalue weighted by Crippen LogP contribution is -2.42. The Kier molecular flexibility index (Phi) is 5.51. The van der Waals surface area contributed by atoms with Crippen LogP contribution in [0.15, 0.2) is 60.7 Å². The number of ether oxygens (including phenoxy) is 2. The molecule has 0 aliphatic carbocycles. The van der Waals surface area contributed by atoms with Gasteiger partial charge >= 0.3 is 5.97 Å². The maximum atomic E-state index is 12.5. The van der Waals surface area contributed by atoms with Crippen molar-refractivity contribution in [3.05, 3.63) is 71.8 Å². The third-order valence-corrected chi connectivity index (χ3v) is 4.54. The number of piperidine rings is 1. The second-order valence-electron chi connectivity index (χ2n) is 6.11. The zero-order valence-electron chi connectivity index (χ0n) is 14.4. The van der Waals surface area contributed by atoms with Gasteiger partial charge in [-0.15, -0.1) is 0 Å². The third-order valence-electron chi connectivity index (χ3n) is 4.54. The average molecular weight is 337 g/mol. The molecule has 0 aromatic heterocycles. The Labute approximate surface area is 148 Å². The lowest BCUT2D eigenvalue weighted by atomic mass is 9.85. The van der Waals surface area contributed by atoms with Gasteiger partial charge in [-0.3, -0.25) is 0 Å². The largest absolute Gasteiger partial charge is 0.496 e. The number of hydrogen-bond donors (Lipinski definition) is 1. The van der Waals surface area contributed by atoms with Gasteiger partial charge in [-0.25, -0.2) is 4.79 Å². The normalized spacial score (nSPS) is 16.5. The molecule has 1 N–H and O–H groups in total. The van der Waals surface area contributed by atoms with Crippen LogP contribution in [0, 0.1) is 0 Å². The van der Waals surface area contributed by atoms with Crippen LogP contribution >= 0.6 is 0 Å². The number of methoxy groups -OCH3 is 1. The Morgan fingerprint density at radius 2 is 1.72 bits per heavy atom. The molecule has 4 heteroatoms. The van der Waals surface area contributed by atoms with Crippen molar-refractivity contribution in [3.8, 4) is 5.75 Å². The Hall–Kier alpha value is -2.59. The lowest BCUT2D eigenvalue weighted by molar-refractivity contribution is -0.157. The monoisotopic (exact) mass is 337 g/mol. The summed E-state index contributed by atoms with van der Waals surface area (Å²) in [7, 11) is 1.62. The molecule has 0 saturated carbocycles. The van der Waals surface area contributed by atoms with Crippen molar-refractivity contribution in [1.82, 2.24) is 5.32 Å². The SMILES string of the molecule is COc1ccccc1/C=C/C(=O)OC1(c2ccccc2)CCNCC1. The number of hydrogen-bond acceptors (Lipinski definition) is 4. The highest BCUT2D eigenvalue weighted by Gasteiger charge is 2.37. The molecule has 0 bridgehead atoms. The van der Waals surface area contributed by atoms with Crippen molar-refractivity contribution in [2.45, 2.75) is 18.4 Å². The molecule has 25 heavy (non-hydrogen) atoms. The molecule has 1 fully saturated rings. The molecular weight excluding hydrogens is 314 g/mol. The van der Waals surface area contributed by atoms with E-state index in [1.807, 2.05) is 54.6 Å². The number of benzene rings is 2. The highest BCUT2D eigenvalue weighted by molar-refractivity contribution is 5.88. The number of rotatable bonds is 5. The van der Waals surface area contributed by atoms with E-state index < -0.39 is 5.60 Å². The fourth-order valence-electron chi connectivity index (χ4n) is 3.21. The van der Waals surface area contributed by atoms with E-state index in [2.05, 4.69) is 5.32 Å². The molecule has 2 aromatic rings. The topological polar surface area (TPSA) is 47.6 Å². The zero-order chi connectivity index (χ0) is 17.5. The van der Waals surface area contributed by atoms with Crippen molar-refractivity contribution in [2.75, 3.05) is 20.2 Å². The summed E-state index contributed by atoms with van der Waals surface area (Å²) in [6.45, 7) is 1.66. The molecule has 2 aromatic carbocycles. The molecule has 0 unspecified atom stereocenters. The van der Waals surface area contributed by atoms with Gasteiger partial charge in [-0.1, -0.05) is 48.5 Å². The molecule has 0 radical (unpaired) electrons. The number of para-hydroxylation sites is 1. The average Bonchev–Trinajstić information content (AvgIpc) is 2.68. The quantitative estimate of drug-likeness (QED) is 0.670. The number of nitrogens with one attached hydrogen (secondary N) is 1. The summed E-state index contributed by atoms with van der Waals surface area (Å²) in [6, 6.07) is 17.6. The fourth-order valence-corrected chi connectivity index (χ4v) is 3.21. The summed E-state index contributed by atoms with van der Waals surface area (Å²) in [6.07, 6.45) is 4.75. The highest BCUT2D eigenvalue weighted by atomic mass is 16.6. The van der Waals surface area contributed by atoms with E-state index in [4.69, 9.17) is 9.47 Å². The molecular formula is C21H23NO3. The van der Waals surface area contributed by atoms with Gasteiger partial charge in [0.2, 0.25) is 0 Å². The first-order valence-electron chi connectivity index (χ1n) is 8.54. The number of esters is 1. The molecule has 3 rings (SSSR count). The van der Waals surface area contributed by atoms with Crippen molar-refractivity contribution in [2.24, 2.45) is 0 Å². The first-order chi connectivity index (χ1) is 12.2. The van der Waals surface area contributed by atoms with Crippen LogP contribution in [-0.2, 0) is 15.1 Å². The van der Waals surface area contributed by atoms with Crippen LogP contribution in [0.25, 0.3) is 6.08 Å². The van der Waals surface area contributed by atoms with Crippen LogP contribution in [0.1, 0.15) is 24.0 Å². The lowest BCUT2D eigenvalue weighted by Gasteiger charge is -2.37. The van der Waals surface area contributed by atoms with E-state index in [9.17, 15) is 4.79 Å². The second-order valence-corrected chi connectivity index (χ2v) is 6.11. The molecule has 130 valence electrons. The molecule has 1 aliphatic rings. The molecule has 1 saturated heterocycles. The maximum Gasteiger partial charge on any atom is 0.331 e. The molecule has 0 amide bonds. The van der Waals surface area contributed by atoms with Crippen LogP contribution < -0.4 is 10.1 Å². The van der Waals surface area contributed by atoms with Crippen LogP contribution in [0.3, 0.4) is 0 Å². The summed E-state index contributed by atoms with van der Waals surface area (Å²) in [5.41, 5.74) is 1.34. The van der Waals surface area contributed by atoms with Gasteiger partial charge in [0.05, 0.1) is 7.11 Å². The van der Waals surface area contributed by atoms with Crippen LogP contribution in [0.5, 0.6) is 5.75 Å². The number of carbonyl (C=O) groups is 1. The summed E-state index contributed by atoms with van der Waals surface area (Å²) in [5.74, 6) is 0.392. The van der Waals surface area contributed by atoms with E-state index in [-0.39, 0.29) is 5.97 Å². The maximum absolute atomic E-state index is 12.5. The zero-order valence-corrected chi connectivity index (χ0v) is 14.4. The van der Waals surface area contributed by atoms with Gasteiger partial charge in [0.15, 0.2) is 0 Å². The minimum atomic E-state index is -0.561. The van der Waals surface area contributed by atoms with E-state index >= 15 is 0 Å². The molecule has 4 nitrogen and oxygen atoms in total. The summed E-state index contributed by atoms with van der Waals surface area (Å²) in [4.78, 5) is 12.5. The van der Waals surface area contributed by atoms with Crippen LogP contribution in [-0.4, -0.2) is 26.2 Å². The fraction of sp³-hybridized carbons (Fsp3) is 0.286. The van der Waals surface area contributed by atoms with Gasteiger partial charge in [-0.05, 0) is 30.8 Å². The first kappa shape index (κ1) is 17.2. The van der Waals surface area contributed by atoms with Crippen molar-refractivity contribution >= 4 is 12.0 Å². The van der Waals surface area contributed by atoms with Gasteiger partial charge < -0.3 is 14.8 Å². The van der Waals surface area contributed by atoms with E-state index in [0.717, 1.165) is 42.8 Å². The Bertz CT molecular complexity index is 734. The first-order valence-corrected chi connectivity index (χ1v) is 8.54. The summed E-state index contributed by atoms with van der Waals surface area (Å²) in [5, 5.41) is 3.33. The summed E-state index contributed by atoms with van der Waals surface area (Å²) >= 11 is 0. The van der Waals surface area contributed by atoms with Crippen molar-refractivity contribution < 1.29 is 14.3 Å². The molecule has 0 atom stereocenters. The molecule has 1 heterocycles. The minimum absolute atomic E-state index is 0.336. The van der Waals surface area contributed by atoms with Gasteiger partial charge in [0.1, 0.15) is 11.4 Å². The Balaban J connectivity index is 1.78. The van der Waals surface area contributed by atoms with Gasteiger partial charge in [0.25, 0.3) is 0 Å². The predicted octanol–water partition coefficient (Wildman–Crippen LogP) is 3.53. The standard InChI is InChI=1S/C21H23NO3/c1-24-19-10-6-5-7-17(19)11-12-20(23)25-21(13-15-22-16-14-21)18-8-3-2-4-9-18/h2-12,22H,13-16H2,1H3/b12-11+. The number of carbonyl (C=O) groups excluding carboxylic acids is 1. The smallest absolute Gasteiger partial charge is 0.331 e. The van der Waals surface area contributed by atoms with E-state index in [1.165, 1.54) is 6.08 Å². The Morgan fingerprint density at radius 3 is 2.44 bits per heavy atom. The van der Waals surface area contributed by atoms with Gasteiger partial charge in [0, 0.05) is 24.5 Å². The summed E-state index contributed by atoms with van der Waals surface area (Å²) < 4.78 is 11.3. The minimum Gasteiger partial charge on any atom is -0.496 e.